The lowest BCUT2D eigenvalue weighted by molar-refractivity contribution is 1.18. The van der Waals surface area contributed by atoms with Gasteiger partial charge >= 0.3 is 0 Å². The van der Waals surface area contributed by atoms with Crippen molar-refractivity contribution in [2.75, 3.05) is 0 Å². The molecule has 23 aromatic carbocycles. The normalized spacial score (nSPS) is 11.9. The lowest BCUT2D eigenvalue weighted by atomic mass is 9.87. The molecule has 0 unspecified atom stereocenters. The third kappa shape index (κ3) is 11.6. The summed E-state index contributed by atoms with van der Waals surface area (Å²) < 4.78 is 9.67. The van der Waals surface area contributed by atoms with E-state index in [1.807, 2.05) is 0 Å². The number of aromatic nitrogens is 4. The van der Waals surface area contributed by atoms with Crippen molar-refractivity contribution in [3.63, 3.8) is 0 Å². The van der Waals surface area contributed by atoms with E-state index in [9.17, 15) is 0 Å². The van der Waals surface area contributed by atoms with Crippen LogP contribution in [0.3, 0.4) is 0 Å². The molecule has 0 saturated carbocycles. The second-order valence-electron chi connectivity index (χ2n) is 34.1. The molecule has 0 aliphatic rings. The quantitative estimate of drug-likeness (QED) is 0.122. The predicted molar refractivity (Wildman–Crippen MR) is 545 cm³/mol. The zero-order chi connectivity index (χ0) is 84.0. The van der Waals surface area contributed by atoms with Crippen LogP contribution in [0.1, 0.15) is 0 Å². The van der Waals surface area contributed by atoms with E-state index in [-0.39, 0.29) is 0 Å². The number of hydrogen-bond donors (Lipinski definition) is 0. The molecule has 27 aromatic rings. The highest BCUT2D eigenvalue weighted by Gasteiger charge is 2.23. The van der Waals surface area contributed by atoms with Gasteiger partial charge in [-0.2, -0.15) is 0 Å². The number of fused-ring (bicyclic) bond motifs is 25. The average Bonchev–Trinajstić information content (AvgIpc) is 1.51. The van der Waals surface area contributed by atoms with Crippen molar-refractivity contribution >= 4 is 163 Å². The summed E-state index contributed by atoms with van der Waals surface area (Å²) in [5.41, 5.74) is 28.8. The van der Waals surface area contributed by atoms with Crippen molar-refractivity contribution in [3.05, 3.63) is 473 Å². The summed E-state index contributed by atoms with van der Waals surface area (Å²) in [6.07, 6.45) is 0. The Balaban J connectivity index is 0.000000136. The third-order valence-electron chi connectivity index (χ3n) is 27.2. The van der Waals surface area contributed by atoms with Crippen LogP contribution in [-0.2, 0) is 0 Å². The Bertz CT molecular complexity index is 9220. The van der Waals surface area contributed by atoms with Gasteiger partial charge in [-0.25, -0.2) is 0 Å². The van der Waals surface area contributed by atoms with Crippen LogP contribution in [0.4, 0.5) is 0 Å². The number of rotatable bonds is 10. The first kappa shape index (κ1) is 72.7. The molecule has 128 heavy (non-hydrogen) atoms. The van der Waals surface area contributed by atoms with Gasteiger partial charge in [0.15, 0.2) is 0 Å². The Morgan fingerprint density at radius 2 is 0.391 bits per heavy atom. The van der Waals surface area contributed by atoms with E-state index in [4.69, 9.17) is 0 Å². The highest BCUT2D eigenvalue weighted by molar-refractivity contribution is 6.33. The van der Waals surface area contributed by atoms with Crippen LogP contribution in [0.5, 0.6) is 0 Å². The Morgan fingerprint density at radius 3 is 0.820 bits per heavy atom. The van der Waals surface area contributed by atoms with Gasteiger partial charge in [0, 0.05) is 65.8 Å². The van der Waals surface area contributed by atoms with Crippen LogP contribution < -0.4 is 0 Å². The summed E-state index contributed by atoms with van der Waals surface area (Å²) in [5, 5.41) is 28.0. The third-order valence-corrected chi connectivity index (χ3v) is 27.2. The van der Waals surface area contributed by atoms with Gasteiger partial charge in [0.05, 0.1) is 44.1 Å². The molecule has 4 heteroatoms. The van der Waals surface area contributed by atoms with E-state index in [1.54, 1.807) is 0 Å². The first-order valence-electron chi connectivity index (χ1n) is 44.3. The Labute approximate surface area is 738 Å². The molecule has 0 aliphatic heterocycles. The monoisotopic (exact) mass is 1620 g/mol. The molecule has 0 bridgehead atoms. The Kier molecular flexibility index (Phi) is 16.7. The minimum Gasteiger partial charge on any atom is -0.309 e. The topological polar surface area (TPSA) is 19.7 Å². The van der Waals surface area contributed by atoms with Crippen molar-refractivity contribution in [2.24, 2.45) is 0 Å². The zero-order valence-corrected chi connectivity index (χ0v) is 69.8. The molecule has 4 aromatic heterocycles. The summed E-state index contributed by atoms with van der Waals surface area (Å²) in [6, 6.07) is 174. The number of para-hydroxylation sites is 4. The van der Waals surface area contributed by atoms with Crippen LogP contribution in [-0.4, -0.2) is 18.3 Å². The molecule has 594 valence electrons. The van der Waals surface area contributed by atoms with Gasteiger partial charge < -0.3 is 18.3 Å². The van der Waals surface area contributed by atoms with Gasteiger partial charge in [-0.05, 0) is 276 Å². The van der Waals surface area contributed by atoms with Gasteiger partial charge in [-0.15, -0.1) is 0 Å². The molecule has 0 amide bonds. The van der Waals surface area contributed by atoms with Crippen LogP contribution in [0, 0.1) is 0 Å². The SMILES string of the molecule is c1ccc(-c2ccc(-n3c4ccccc4c4cc(-c5ccc6c(c5)c5ccccc5n6-c5ccc(-c6cc7c8ccccc8c8ccccc8c7c7ccccc67)cc5)ccc43)cc2)cc1.c1ccc(-c2ccc(-n3c4ccccc4c4cc(-c5ccc6c(c5)c5ccccc5n6-c5cccc(-c6cc7ccc8ccccc8c7c7ccccc67)c5)ccc43)cc2)cc1. The summed E-state index contributed by atoms with van der Waals surface area (Å²) in [5.74, 6) is 0. The van der Waals surface area contributed by atoms with E-state index in [1.165, 1.54) is 229 Å². The summed E-state index contributed by atoms with van der Waals surface area (Å²) in [7, 11) is 0. The molecule has 0 N–H and O–H groups in total. The van der Waals surface area contributed by atoms with Gasteiger partial charge in [-0.1, -0.05) is 340 Å². The molecule has 0 spiro atoms. The highest BCUT2D eigenvalue weighted by atomic mass is 15.0. The molecule has 0 aliphatic carbocycles. The van der Waals surface area contributed by atoms with E-state index in [2.05, 4.69) is 491 Å². The van der Waals surface area contributed by atoms with Crippen molar-refractivity contribution in [3.8, 4) is 89.5 Å². The number of benzene rings is 23. The lowest BCUT2D eigenvalue weighted by Crippen LogP contribution is -1.95. The molecule has 0 fully saturated rings. The molecule has 0 radical (unpaired) electrons. The molecule has 4 heterocycles. The van der Waals surface area contributed by atoms with E-state index >= 15 is 0 Å². The molecular weight excluding hydrogens is 1550 g/mol. The van der Waals surface area contributed by atoms with Gasteiger partial charge in [0.1, 0.15) is 0 Å². The van der Waals surface area contributed by atoms with Crippen LogP contribution in [0.25, 0.3) is 252 Å². The predicted octanol–water partition coefficient (Wildman–Crippen LogP) is 33.8. The number of hydrogen-bond acceptors (Lipinski definition) is 0. The van der Waals surface area contributed by atoms with Gasteiger partial charge in [0.25, 0.3) is 0 Å². The van der Waals surface area contributed by atoms with Crippen molar-refractivity contribution < 1.29 is 0 Å². The fraction of sp³-hybridized carbons (Fsp3) is 0. The van der Waals surface area contributed by atoms with Crippen LogP contribution >= 0.6 is 0 Å². The molecule has 0 atom stereocenters. The Hall–Kier alpha value is -16.9. The highest BCUT2D eigenvalue weighted by Crippen LogP contribution is 2.48. The maximum atomic E-state index is 2.44. The van der Waals surface area contributed by atoms with Crippen molar-refractivity contribution in [1.29, 1.82) is 0 Å². The van der Waals surface area contributed by atoms with E-state index in [0.29, 0.717) is 0 Å². The molecule has 0 saturated heterocycles. The number of nitrogens with zero attached hydrogens (tertiary/aromatic N) is 4. The molecule has 27 rings (SSSR count). The minimum atomic E-state index is 1.14. The van der Waals surface area contributed by atoms with Gasteiger partial charge in [-0.3, -0.25) is 0 Å². The van der Waals surface area contributed by atoms with Gasteiger partial charge in [0.2, 0.25) is 0 Å². The van der Waals surface area contributed by atoms with Crippen molar-refractivity contribution in [1.82, 2.24) is 18.3 Å². The van der Waals surface area contributed by atoms with Crippen LogP contribution in [0.15, 0.2) is 473 Å². The maximum absolute atomic E-state index is 2.44. The largest absolute Gasteiger partial charge is 0.309 e. The molecule has 4 nitrogen and oxygen atoms in total. The fourth-order valence-electron chi connectivity index (χ4n) is 21.3. The smallest absolute Gasteiger partial charge is 0.0541 e. The second-order valence-corrected chi connectivity index (χ2v) is 34.1. The van der Waals surface area contributed by atoms with Crippen molar-refractivity contribution in [2.45, 2.75) is 0 Å². The fourth-order valence-corrected chi connectivity index (χ4v) is 21.3. The zero-order valence-electron chi connectivity index (χ0n) is 69.8. The Morgan fingerprint density at radius 1 is 0.109 bits per heavy atom. The maximum Gasteiger partial charge on any atom is 0.0541 e. The average molecular weight is 1620 g/mol. The summed E-state index contributed by atoms with van der Waals surface area (Å²) in [4.78, 5) is 0. The lowest BCUT2D eigenvalue weighted by Gasteiger charge is -2.16. The first-order chi connectivity index (χ1) is 63.5. The first-order valence-corrected chi connectivity index (χ1v) is 44.3. The summed E-state index contributed by atoms with van der Waals surface area (Å²) >= 11 is 0. The summed E-state index contributed by atoms with van der Waals surface area (Å²) in [6.45, 7) is 0. The van der Waals surface area contributed by atoms with E-state index in [0.717, 1.165) is 22.7 Å². The second kappa shape index (κ2) is 29.4. The minimum absolute atomic E-state index is 1.14. The van der Waals surface area contributed by atoms with E-state index < -0.39 is 0 Å². The molecular formula is C124H78N4. The standard InChI is InChI=1S/C64H40N2.C60H38N2/c1-2-14-41(15-3-1)42-26-32-46(33-27-42)65-60-24-12-10-20-52(60)57-38-44(30-36-62(57)65)45-31-37-63-58(39-45)53-21-11-13-25-61(53)66(63)47-34-28-43(29-35-47)56-40-59-50-18-5-4-16-48(50)49-17-6-8-22-54(49)64(59)55-23-9-7-19-51(55)56;1-2-13-39(14-3-1)40-27-31-46(32-28-40)61-56-23-10-8-20-50(56)54-36-42(29-33-58(54)61)43-30-34-59-55(37-43)51-21-9-11-24-57(51)62(59)47-17-12-16-44(35-47)53-38-45-26-25-41-15-4-5-18-48(41)60(45)52-22-7-6-19-49(52)53/h1-40H;1-38H. The van der Waals surface area contributed by atoms with Crippen LogP contribution in [0.2, 0.25) is 0 Å².